The van der Waals surface area contributed by atoms with Crippen LogP contribution in [0.3, 0.4) is 0 Å². The van der Waals surface area contributed by atoms with Gasteiger partial charge in [-0.3, -0.25) is 14.4 Å². The summed E-state index contributed by atoms with van der Waals surface area (Å²) in [5, 5.41) is 2.52. The van der Waals surface area contributed by atoms with Crippen LogP contribution in [0.5, 0.6) is 0 Å². The van der Waals surface area contributed by atoms with E-state index < -0.39 is 12.1 Å². The van der Waals surface area contributed by atoms with Gasteiger partial charge in [0.25, 0.3) is 5.91 Å². The van der Waals surface area contributed by atoms with E-state index in [1.807, 2.05) is 25.1 Å². The van der Waals surface area contributed by atoms with E-state index in [4.69, 9.17) is 4.74 Å². The smallest absolute Gasteiger partial charge is 0.326 e. The van der Waals surface area contributed by atoms with Crippen molar-refractivity contribution in [1.29, 1.82) is 0 Å². The highest BCUT2D eigenvalue weighted by Gasteiger charge is 2.21. The summed E-state index contributed by atoms with van der Waals surface area (Å²) in [6.07, 6.45) is 2.25. The van der Waals surface area contributed by atoms with Crippen LogP contribution in [-0.4, -0.2) is 30.3 Å². The second-order valence-electron chi connectivity index (χ2n) is 6.89. The molecular weight excluding hydrogens is 342 g/mol. The molecule has 1 aliphatic carbocycles. The molecule has 2 aromatic rings. The Morgan fingerprint density at radius 3 is 2.59 bits per heavy atom. The summed E-state index contributed by atoms with van der Waals surface area (Å²) < 4.78 is 5.19. The van der Waals surface area contributed by atoms with Crippen molar-refractivity contribution < 1.29 is 19.1 Å². The Kier molecular flexibility index (Phi) is 5.69. The molecule has 0 heterocycles. The highest BCUT2D eigenvalue weighted by molar-refractivity contribution is 6.01. The average molecular weight is 365 g/mol. The van der Waals surface area contributed by atoms with Crippen molar-refractivity contribution in [1.82, 2.24) is 5.32 Å². The summed E-state index contributed by atoms with van der Waals surface area (Å²) in [6.45, 7) is 3.15. The van der Waals surface area contributed by atoms with Crippen LogP contribution < -0.4 is 5.32 Å². The fraction of sp³-hybridized carbons (Fsp3) is 0.318. The fourth-order valence-electron chi connectivity index (χ4n) is 3.29. The Balaban J connectivity index is 1.52. The number of Topliss-reactive ketones (excluding diaryl/α,β-unsaturated/α-hetero) is 1. The molecule has 0 radical (unpaired) electrons. The monoisotopic (exact) mass is 365 g/mol. The Labute approximate surface area is 158 Å². The van der Waals surface area contributed by atoms with Crippen molar-refractivity contribution in [3.8, 4) is 0 Å². The van der Waals surface area contributed by atoms with Crippen molar-refractivity contribution in [2.24, 2.45) is 0 Å². The van der Waals surface area contributed by atoms with E-state index in [2.05, 4.69) is 5.32 Å². The summed E-state index contributed by atoms with van der Waals surface area (Å²) in [7, 11) is 0. The van der Waals surface area contributed by atoms with Gasteiger partial charge in [-0.25, -0.2) is 0 Å². The largest absolute Gasteiger partial charge is 0.453 e. The molecule has 1 atom stereocenters. The van der Waals surface area contributed by atoms with E-state index in [9.17, 15) is 14.4 Å². The third-order valence-electron chi connectivity index (χ3n) is 4.73. The number of carbonyl (C=O) groups is 3. The highest BCUT2D eigenvalue weighted by Crippen LogP contribution is 2.23. The molecule has 1 aliphatic rings. The zero-order valence-electron chi connectivity index (χ0n) is 15.6. The molecule has 27 heavy (non-hydrogen) atoms. The molecule has 1 unspecified atom stereocenters. The van der Waals surface area contributed by atoms with Crippen molar-refractivity contribution in [3.63, 3.8) is 0 Å². The first-order valence-electron chi connectivity index (χ1n) is 9.14. The lowest BCUT2D eigenvalue weighted by atomic mass is 10.0. The number of rotatable bonds is 6. The number of esters is 1. The van der Waals surface area contributed by atoms with Crippen molar-refractivity contribution in [2.45, 2.75) is 39.2 Å². The predicted octanol–water partition coefficient (Wildman–Crippen LogP) is 3.03. The minimum Gasteiger partial charge on any atom is -0.453 e. The minimum absolute atomic E-state index is 0.233. The van der Waals surface area contributed by atoms with Gasteiger partial charge in [0.15, 0.2) is 6.10 Å². The van der Waals surface area contributed by atoms with Crippen LogP contribution in [0, 0.1) is 6.92 Å². The number of fused-ring (bicyclic) bond motifs is 1. The van der Waals surface area contributed by atoms with Crippen LogP contribution in [0.4, 0.5) is 0 Å². The summed E-state index contributed by atoms with van der Waals surface area (Å²) in [5.74, 6) is -1.23. The third-order valence-corrected chi connectivity index (χ3v) is 4.73. The number of benzene rings is 2. The molecule has 1 amide bonds. The molecule has 0 bridgehead atoms. The van der Waals surface area contributed by atoms with Crippen LogP contribution in [0.15, 0.2) is 42.5 Å². The lowest BCUT2D eigenvalue weighted by Crippen LogP contribution is -2.34. The Morgan fingerprint density at radius 1 is 1.04 bits per heavy atom. The molecule has 0 fully saturated rings. The van der Waals surface area contributed by atoms with E-state index in [-0.39, 0.29) is 18.2 Å². The molecule has 0 aliphatic heterocycles. The zero-order chi connectivity index (χ0) is 19.4. The Morgan fingerprint density at radius 2 is 1.81 bits per heavy atom. The number of hydrogen-bond acceptors (Lipinski definition) is 4. The summed E-state index contributed by atoms with van der Waals surface area (Å²) in [5.41, 5.74) is 4.48. The maximum Gasteiger partial charge on any atom is 0.326 e. The molecular formula is C22H23NO4. The van der Waals surface area contributed by atoms with Gasteiger partial charge < -0.3 is 10.1 Å². The second kappa shape index (κ2) is 8.16. The topological polar surface area (TPSA) is 72.5 Å². The van der Waals surface area contributed by atoms with Crippen LogP contribution in [0.2, 0.25) is 0 Å². The standard InChI is InChI=1S/C22H23NO4/c1-14-5-3-8-19(11-14)22(26)23-13-20(24)27-15(2)21(25)18-10-9-16-6-4-7-17(16)12-18/h3,5,8-12,15H,4,6-7,13H2,1-2H3,(H,23,26). The van der Waals surface area contributed by atoms with E-state index in [0.29, 0.717) is 11.1 Å². The van der Waals surface area contributed by atoms with E-state index in [1.54, 1.807) is 31.2 Å². The molecule has 0 aromatic heterocycles. The van der Waals surface area contributed by atoms with Crippen molar-refractivity contribution >= 4 is 17.7 Å². The lowest BCUT2D eigenvalue weighted by molar-refractivity contribution is -0.145. The fourth-order valence-corrected chi connectivity index (χ4v) is 3.29. The minimum atomic E-state index is -0.896. The molecule has 3 rings (SSSR count). The number of ether oxygens (including phenoxy) is 1. The molecule has 5 nitrogen and oxygen atoms in total. The van der Waals surface area contributed by atoms with E-state index >= 15 is 0 Å². The highest BCUT2D eigenvalue weighted by atomic mass is 16.5. The SMILES string of the molecule is Cc1cccc(C(=O)NCC(=O)OC(C)C(=O)c2ccc3c(c2)CCC3)c1. The van der Waals surface area contributed by atoms with Gasteiger partial charge in [0.05, 0.1) is 0 Å². The third kappa shape index (κ3) is 4.61. The van der Waals surface area contributed by atoms with Gasteiger partial charge >= 0.3 is 5.97 Å². The average Bonchev–Trinajstić information content (AvgIpc) is 3.13. The number of carbonyl (C=O) groups excluding carboxylic acids is 3. The van der Waals surface area contributed by atoms with Gasteiger partial charge in [-0.15, -0.1) is 0 Å². The number of ketones is 1. The molecule has 1 N–H and O–H groups in total. The molecule has 0 saturated heterocycles. The van der Waals surface area contributed by atoms with Crippen LogP contribution in [0.1, 0.15) is 50.8 Å². The molecule has 5 heteroatoms. The maximum atomic E-state index is 12.5. The van der Waals surface area contributed by atoms with Crippen molar-refractivity contribution in [2.75, 3.05) is 6.54 Å². The number of amides is 1. The maximum absolute atomic E-state index is 12.5. The van der Waals surface area contributed by atoms with Gasteiger partial charge in [0.1, 0.15) is 6.54 Å². The lowest BCUT2D eigenvalue weighted by Gasteiger charge is -2.13. The van der Waals surface area contributed by atoms with E-state index in [0.717, 1.165) is 24.8 Å². The molecule has 2 aromatic carbocycles. The summed E-state index contributed by atoms with van der Waals surface area (Å²) >= 11 is 0. The first kappa shape index (κ1) is 18.8. The first-order valence-corrected chi connectivity index (χ1v) is 9.14. The quantitative estimate of drug-likeness (QED) is 0.631. The van der Waals surface area contributed by atoms with Gasteiger partial charge in [-0.1, -0.05) is 29.8 Å². The molecule has 140 valence electrons. The second-order valence-corrected chi connectivity index (χ2v) is 6.89. The number of aryl methyl sites for hydroxylation is 3. The number of hydrogen-bond donors (Lipinski definition) is 1. The zero-order valence-corrected chi connectivity index (χ0v) is 15.6. The van der Waals surface area contributed by atoms with Crippen LogP contribution >= 0.6 is 0 Å². The normalized spacial score (nSPS) is 13.6. The first-order chi connectivity index (χ1) is 12.9. The summed E-state index contributed by atoms with van der Waals surface area (Å²) in [6, 6.07) is 12.7. The molecule has 0 spiro atoms. The summed E-state index contributed by atoms with van der Waals surface area (Å²) in [4.78, 5) is 36.6. The van der Waals surface area contributed by atoms with Gasteiger partial charge in [0, 0.05) is 11.1 Å². The van der Waals surface area contributed by atoms with E-state index in [1.165, 1.54) is 11.1 Å². The van der Waals surface area contributed by atoms with Gasteiger partial charge in [0.2, 0.25) is 5.78 Å². The van der Waals surface area contributed by atoms with Gasteiger partial charge in [-0.05, 0) is 62.4 Å². The predicted molar refractivity (Wildman–Crippen MR) is 102 cm³/mol. The van der Waals surface area contributed by atoms with Crippen LogP contribution in [0.25, 0.3) is 0 Å². The Bertz CT molecular complexity index is 888. The number of nitrogens with one attached hydrogen (secondary N) is 1. The van der Waals surface area contributed by atoms with Gasteiger partial charge in [-0.2, -0.15) is 0 Å². The Hall–Kier alpha value is -2.95. The van der Waals surface area contributed by atoms with Crippen molar-refractivity contribution in [3.05, 3.63) is 70.3 Å². The molecule has 0 saturated carbocycles. The van der Waals surface area contributed by atoms with Crippen LogP contribution in [-0.2, 0) is 22.4 Å².